The molecule has 0 fully saturated rings. The van der Waals surface area contributed by atoms with Gasteiger partial charge in [0.25, 0.3) is 0 Å². The largest absolute Gasteiger partial charge is 0.357 e. The topological polar surface area (TPSA) is 70.6 Å². The van der Waals surface area contributed by atoms with Crippen LogP contribution in [0.2, 0.25) is 0 Å². The zero-order chi connectivity index (χ0) is 12.6. The van der Waals surface area contributed by atoms with E-state index < -0.39 is 9.84 Å². The van der Waals surface area contributed by atoms with Crippen LogP contribution in [0.4, 0.5) is 0 Å². The summed E-state index contributed by atoms with van der Waals surface area (Å²) in [5.74, 6) is 0.943. The molecular weight excluding hydrogens is 353 g/mol. The summed E-state index contributed by atoms with van der Waals surface area (Å²) in [6, 6.07) is 0.0964. The normalized spacial score (nSPS) is 13.8. The maximum absolute atomic E-state index is 11.0. The predicted octanol–water partition coefficient (Wildman–Crippen LogP) is 1.00. The minimum atomic E-state index is -2.88. The van der Waals surface area contributed by atoms with Crippen LogP contribution >= 0.6 is 24.0 Å². The average molecular weight is 377 g/mol. The number of hydrogen-bond acceptors (Lipinski definition) is 3. The Morgan fingerprint density at radius 3 is 2.35 bits per heavy atom. The van der Waals surface area contributed by atoms with Crippen LogP contribution in [0.25, 0.3) is 0 Å². The van der Waals surface area contributed by atoms with Crippen LogP contribution in [0.3, 0.4) is 0 Å². The number of guanidine groups is 1. The molecule has 17 heavy (non-hydrogen) atoms. The van der Waals surface area contributed by atoms with E-state index in [0.717, 1.165) is 12.5 Å². The molecule has 0 rings (SSSR count). The lowest BCUT2D eigenvalue weighted by Gasteiger charge is -2.17. The molecule has 2 N–H and O–H groups in total. The molecule has 0 heterocycles. The quantitative estimate of drug-likeness (QED) is 0.412. The van der Waals surface area contributed by atoms with Crippen molar-refractivity contribution in [2.45, 2.75) is 33.2 Å². The summed E-state index contributed by atoms with van der Waals surface area (Å²) >= 11 is 0. The van der Waals surface area contributed by atoms with Crippen LogP contribution in [-0.2, 0) is 9.84 Å². The van der Waals surface area contributed by atoms with Crippen LogP contribution in [0, 0.1) is 0 Å². The van der Waals surface area contributed by atoms with Crippen molar-refractivity contribution in [3.05, 3.63) is 0 Å². The molecule has 0 aliphatic heterocycles. The van der Waals surface area contributed by atoms with Crippen LogP contribution in [0.5, 0.6) is 0 Å². The molecule has 0 aliphatic carbocycles. The molecule has 7 heteroatoms. The van der Waals surface area contributed by atoms with E-state index in [0.29, 0.717) is 13.0 Å². The molecule has 1 unspecified atom stereocenters. The Morgan fingerprint density at radius 2 is 1.94 bits per heavy atom. The third-order valence-electron chi connectivity index (χ3n) is 1.97. The van der Waals surface area contributed by atoms with Gasteiger partial charge < -0.3 is 10.6 Å². The van der Waals surface area contributed by atoms with Gasteiger partial charge in [0.15, 0.2) is 5.96 Å². The van der Waals surface area contributed by atoms with Crippen LogP contribution in [0.1, 0.15) is 27.2 Å². The zero-order valence-electron chi connectivity index (χ0n) is 11.0. The Bertz CT molecular complexity index is 318. The molecule has 0 saturated carbocycles. The number of nitrogens with one attached hydrogen (secondary N) is 2. The molecule has 0 saturated heterocycles. The number of aliphatic imine (C=N–C) groups is 1. The number of halogens is 1. The molecule has 104 valence electrons. The first-order valence-corrected chi connectivity index (χ1v) is 7.67. The van der Waals surface area contributed by atoms with Gasteiger partial charge >= 0.3 is 0 Å². The highest BCUT2D eigenvalue weighted by Gasteiger charge is 2.08. The van der Waals surface area contributed by atoms with Gasteiger partial charge in [-0.15, -0.1) is 24.0 Å². The van der Waals surface area contributed by atoms with Gasteiger partial charge in [0, 0.05) is 25.4 Å². The highest BCUT2D eigenvalue weighted by molar-refractivity contribution is 14.0. The second-order valence-corrected chi connectivity index (χ2v) is 6.08. The van der Waals surface area contributed by atoms with Crippen LogP contribution in [0.15, 0.2) is 4.99 Å². The van der Waals surface area contributed by atoms with Crippen molar-refractivity contribution < 1.29 is 8.42 Å². The number of sulfone groups is 1. The van der Waals surface area contributed by atoms with E-state index >= 15 is 0 Å². The van der Waals surface area contributed by atoms with E-state index in [1.807, 2.05) is 20.8 Å². The Labute approximate surface area is 122 Å². The van der Waals surface area contributed by atoms with Crippen molar-refractivity contribution in [2.75, 3.05) is 25.1 Å². The summed E-state index contributed by atoms with van der Waals surface area (Å²) in [6.07, 6.45) is 1.85. The molecule has 0 radical (unpaired) electrons. The highest BCUT2D eigenvalue weighted by Crippen LogP contribution is 1.95. The molecule has 0 amide bonds. The summed E-state index contributed by atoms with van der Waals surface area (Å²) in [4.78, 5) is 4.24. The number of rotatable bonds is 6. The van der Waals surface area contributed by atoms with E-state index in [1.54, 1.807) is 0 Å². The van der Waals surface area contributed by atoms with Crippen LogP contribution < -0.4 is 10.6 Å². The first kappa shape index (κ1) is 19.3. The second kappa shape index (κ2) is 9.93. The Hall–Kier alpha value is -0.0500. The Balaban J connectivity index is 0. The van der Waals surface area contributed by atoms with E-state index in [2.05, 4.69) is 15.6 Å². The fourth-order valence-electron chi connectivity index (χ4n) is 1.17. The molecule has 0 aromatic heterocycles. The van der Waals surface area contributed by atoms with E-state index in [4.69, 9.17) is 0 Å². The third kappa shape index (κ3) is 12.2. The molecule has 5 nitrogen and oxygen atoms in total. The molecule has 0 aromatic carbocycles. The molecular formula is C10H24IN3O2S. The monoisotopic (exact) mass is 377 g/mol. The average Bonchev–Trinajstić information content (AvgIpc) is 2.14. The fourth-order valence-corrected chi connectivity index (χ4v) is 1.96. The third-order valence-corrected chi connectivity index (χ3v) is 2.94. The van der Waals surface area contributed by atoms with Gasteiger partial charge in [0.2, 0.25) is 0 Å². The smallest absolute Gasteiger partial charge is 0.191 e. The molecule has 0 aliphatic rings. The van der Waals surface area contributed by atoms with Crippen molar-refractivity contribution in [3.63, 3.8) is 0 Å². The Morgan fingerprint density at radius 1 is 1.35 bits per heavy atom. The van der Waals surface area contributed by atoms with Gasteiger partial charge in [0.1, 0.15) is 9.84 Å². The Kier molecular flexibility index (Phi) is 11.3. The van der Waals surface area contributed by atoms with Crippen molar-refractivity contribution in [1.82, 2.24) is 10.6 Å². The minimum Gasteiger partial charge on any atom is -0.357 e. The number of hydrogen-bond donors (Lipinski definition) is 2. The van der Waals surface area contributed by atoms with Crippen LogP contribution in [-0.4, -0.2) is 45.5 Å². The first-order chi connectivity index (χ1) is 7.39. The molecule has 0 bridgehead atoms. The van der Waals surface area contributed by atoms with Gasteiger partial charge in [0.05, 0.1) is 5.75 Å². The maximum Gasteiger partial charge on any atom is 0.191 e. The molecule has 0 aromatic rings. The lowest BCUT2D eigenvalue weighted by molar-refractivity contribution is 0.581. The SMILES string of the molecule is CCN=C(NCC)NC(C)CCS(C)(=O)=O.I. The van der Waals surface area contributed by atoms with Crippen molar-refractivity contribution in [1.29, 1.82) is 0 Å². The molecule has 1 atom stereocenters. The number of nitrogens with zero attached hydrogens (tertiary/aromatic N) is 1. The maximum atomic E-state index is 11.0. The van der Waals surface area contributed by atoms with Gasteiger partial charge in [-0.3, -0.25) is 4.99 Å². The van der Waals surface area contributed by atoms with E-state index in [9.17, 15) is 8.42 Å². The van der Waals surface area contributed by atoms with E-state index in [-0.39, 0.29) is 35.8 Å². The lowest BCUT2D eigenvalue weighted by Crippen LogP contribution is -2.42. The van der Waals surface area contributed by atoms with Crippen molar-refractivity contribution >= 4 is 39.8 Å². The minimum absolute atomic E-state index is 0. The standard InChI is InChI=1S/C10H23N3O2S.HI/c1-5-11-10(12-6-2)13-9(3)7-8-16(4,14)15;/h9H,5-8H2,1-4H3,(H2,11,12,13);1H. The van der Waals surface area contributed by atoms with Gasteiger partial charge in [-0.1, -0.05) is 0 Å². The van der Waals surface area contributed by atoms with Gasteiger partial charge in [-0.2, -0.15) is 0 Å². The summed E-state index contributed by atoms with van der Waals surface area (Å²) in [6.45, 7) is 7.40. The second-order valence-electron chi connectivity index (χ2n) is 3.82. The zero-order valence-corrected chi connectivity index (χ0v) is 14.1. The summed E-state index contributed by atoms with van der Waals surface area (Å²) < 4.78 is 22.0. The predicted molar refractivity (Wildman–Crippen MR) is 84.0 cm³/mol. The molecule has 0 spiro atoms. The summed E-state index contributed by atoms with van der Waals surface area (Å²) in [5, 5.41) is 6.27. The van der Waals surface area contributed by atoms with Gasteiger partial charge in [-0.05, 0) is 27.2 Å². The summed E-state index contributed by atoms with van der Waals surface area (Å²) in [7, 11) is -2.88. The first-order valence-electron chi connectivity index (χ1n) is 5.61. The summed E-state index contributed by atoms with van der Waals surface area (Å²) in [5.41, 5.74) is 0. The lowest BCUT2D eigenvalue weighted by atomic mass is 10.3. The van der Waals surface area contributed by atoms with Crippen molar-refractivity contribution in [2.24, 2.45) is 4.99 Å². The van der Waals surface area contributed by atoms with E-state index in [1.165, 1.54) is 6.26 Å². The van der Waals surface area contributed by atoms with Gasteiger partial charge in [-0.25, -0.2) is 8.42 Å². The van der Waals surface area contributed by atoms with Crippen molar-refractivity contribution in [3.8, 4) is 0 Å². The highest BCUT2D eigenvalue weighted by atomic mass is 127. The fraction of sp³-hybridized carbons (Fsp3) is 0.900.